The third kappa shape index (κ3) is 4.61. The number of nitrogens with zero attached hydrogens (tertiary/aromatic N) is 1. The predicted octanol–water partition coefficient (Wildman–Crippen LogP) is 3.29. The lowest BCUT2D eigenvalue weighted by molar-refractivity contribution is -0.128. The van der Waals surface area contributed by atoms with E-state index in [1.807, 2.05) is 24.3 Å². The summed E-state index contributed by atoms with van der Waals surface area (Å²) in [5.41, 5.74) is 0.898. The highest BCUT2D eigenvalue weighted by Crippen LogP contribution is 2.33. The average molecular weight is 437 g/mol. The van der Waals surface area contributed by atoms with E-state index >= 15 is 0 Å². The fourth-order valence-corrected chi connectivity index (χ4v) is 4.56. The molecule has 1 fully saturated rings. The van der Waals surface area contributed by atoms with Gasteiger partial charge in [0.15, 0.2) is 0 Å². The summed E-state index contributed by atoms with van der Waals surface area (Å²) in [6.07, 6.45) is 3.56. The third-order valence-electron chi connectivity index (χ3n) is 6.27. The largest absolute Gasteiger partial charge is 0.497 e. The minimum absolute atomic E-state index is 0.0338. The van der Waals surface area contributed by atoms with Gasteiger partial charge < -0.3 is 14.8 Å². The Hall–Kier alpha value is -3.35. The van der Waals surface area contributed by atoms with Gasteiger partial charge in [0.25, 0.3) is 11.8 Å². The summed E-state index contributed by atoms with van der Waals surface area (Å²) < 4.78 is 10.8. The summed E-state index contributed by atoms with van der Waals surface area (Å²) >= 11 is 0. The number of carbonyl (C=O) groups is 3. The van der Waals surface area contributed by atoms with Crippen molar-refractivity contribution >= 4 is 17.7 Å². The van der Waals surface area contributed by atoms with Crippen LogP contribution in [0, 0.1) is 11.8 Å². The topological polar surface area (TPSA) is 84.9 Å². The van der Waals surface area contributed by atoms with E-state index in [1.54, 1.807) is 31.4 Å². The maximum absolute atomic E-state index is 12.9. The molecule has 0 radical (unpaired) electrons. The van der Waals surface area contributed by atoms with Gasteiger partial charge in [-0.05, 0) is 55.2 Å². The Morgan fingerprint density at radius 3 is 2.25 bits per heavy atom. The van der Waals surface area contributed by atoms with Crippen molar-refractivity contribution in [3.05, 3.63) is 59.7 Å². The van der Waals surface area contributed by atoms with Gasteiger partial charge >= 0.3 is 0 Å². The smallest absolute Gasteiger partial charge is 0.261 e. The maximum atomic E-state index is 12.9. The summed E-state index contributed by atoms with van der Waals surface area (Å²) in [5, 5.41) is 2.96. The van der Waals surface area contributed by atoms with Crippen LogP contribution in [0.15, 0.2) is 48.5 Å². The molecule has 4 rings (SSSR count). The highest BCUT2D eigenvalue weighted by molar-refractivity contribution is 6.21. The van der Waals surface area contributed by atoms with Crippen molar-refractivity contribution in [1.29, 1.82) is 0 Å². The van der Waals surface area contributed by atoms with Crippen LogP contribution in [0.4, 0.5) is 0 Å². The van der Waals surface area contributed by atoms with Crippen molar-refractivity contribution in [3.63, 3.8) is 0 Å². The number of amides is 3. The zero-order valence-corrected chi connectivity index (χ0v) is 18.2. The molecule has 0 bridgehead atoms. The van der Waals surface area contributed by atoms with Crippen LogP contribution in [0.25, 0.3) is 0 Å². The molecule has 2 aromatic rings. The van der Waals surface area contributed by atoms with Crippen LogP contribution in [-0.4, -0.2) is 49.4 Å². The van der Waals surface area contributed by atoms with Gasteiger partial charge in [-0.2, -0.15) is 0 Å². The molecule has 32 heavy (non-hydrogen) atoms. The van der Waals surface area contributed by atoms with Crippen molar-refractivity contribution in [3.8, 4) is 11.5 Å². The third-order valence-corrected chi connectivity index (χ3v) is 6.27. The molecule has 1 aliphatic carbocycles. The summed E-state index contributed by atoms with van der Waals surface area (Å²) in [6, 6.07) is 14.2. The van der Waals surface area contributed by atoms with Crippen LogP contribution in [0.5, 0.6) is 11.5 Å². The lowest BCUT2D eigenvalue weighted by Crippen LogP contribution is -2.44. The fourth-order valence-electron chi connectivity index (χ4n) is 4.56. The monoisotopic (exact) mass is 436 g/mol. The first-order valence-electron chi connectivity index (χ1n) is 11.1. The number of nitrogens with one attached hydrogen (secondary N) is 1. The summed E-state index contributed by atoms with van der Waals surface area (Å²) in [5.74, 6) is 0.659. The van der Waals surface area contributed by atoms with E-state index in [2.05, 4.69) is 5.32 Å². The van der Waals surface area contributed by atoms with Crippen LogP contribution in [0.2, 0.25) is 0 Å². The van der Waals surface area contributed by atoms with E-state index in [-0.39, 0.29) is 36.1 Å². The van der Waals surface area contributed by atoms with Crippen LogP contribution in [0.1, 0.15) is 46.4 Å². The molecule has 0 saturated heterocycles. The Bertz CT molecular complexity index is 953. The number of hydrogen-bond acceptors (Lipinski definition) is 5. The van der Waals surface area contributed by atoms with Gasteiger partial charge in [-0.1, -0.05) is 25.0 Å². The van der Waals surface area contributed by atoms with Gasteiger partial charge in [0.05, 0.1) is 24.8 Å². The molecule has 1 heterocycles. The van der Waals surface area contributed by atoms with E-state index < -0.39 is 0 Å². The molecule has 0 aromatic heterocycles. The Morgan fingerprint density at radius 2 is 1.59 bits per heavy atom. The molecule has 7 heteroatoms. The Labute approximate surface area is 187 Å². The molecule has 2 aliphatic rings. The first-order valence-corrected chi connectivity index (χ1v) is 11.1. The first kappa shape index (κ1) is 21.9. The number of rotatable bonds is 8. The van der Waals surface area contributed by atoms with Gasteiger partial charge in [0, 0.05) is 12.5 Å². The Balaban J connectivity index is 1.30. The number of ether oxygens (including phenoxy) is 2. The zero-order chi connectivity index (χ0) is 22.5. The van der Waals surface area contributed by atoms with E-state index in [9.17, 15) is 14.4 Å². The molecule has 2 aromatic carbocycles. The average Bonchev–Trinajstić information content (AvgIpc) is 3.07. The van der Waals surface area contributed by atoms with Crippen molar-refractivity contribution in [2.24, 2.45) is 11.8 Å². The number of fused-ring (bicyclic) bond motifs is 1. The molecule has 2 atom stereocenters. The molecular weight excluding hydrogens is 408 g/mol. The van der Waals surface area contributed by atoms with Crippen LogP contribution in [0.3, 0.4) is 0 Å². The molecule has 168 valence electrons. The van der Waals surface area contributed by atoms with Crippen LogP contribution < -0.4 is 14.8 Å². The van der Waals surface area contributed by atoms with Gasteiger partial charge in [-0.15, -0.1) is 0 Å². The van der Waals surface area contributed by atoms with E-state index in [1.165, 1.54) is 4.90 Å². The number of benzene rings is 2. The molecule has 1 aliphatic heterocycles. The quantitative estimate of drug-likeness (QED) is 0.507. The predicted molar refractivity (Wildman–Crippen MR) is 119 cm³/mol. The SMILES string of the molecule is COc1ccc(OCCNC(=O)C2CCCCC2CN2C(=O)c3ccccc3C2=O)cc1. The van der Waals surface area contributed by atoms with E-state index in [0.29, 0.717) is 30.0 Å². The number of imide groups is 1. The molecule has 7 nitrogen and oxygen atoms in total. The summed E-state index contributed by atoms with van der Waals surface area (Å²) in [7, 11) is 1.61. The van der Waals surface area contributed by atoms with E-state index in [0.717, 1.165) is 31.4 Å². The Morgan fingerprint density at radius 1 is 0.969 bits per heavy atom. The first-order chi connectivity index (χ1) is 15.6. The van der Waals surface area contributed by atoms with Crippen molar-refractivity contribution in [2.45, 2.75) is 25.7 Å². The van der Waals surface area contributed by atoms with Crippen molar-refractivity contribution in [2.75, 3.05) is 26.8 Å². The van der Waals surface area contributed by atoms with E-state index in [4.69, 9.17) is 9.47 Å². The van der Waals surface area contributed by atoms with Gasteiger partial charge in [0.1, 0.15) is 18.1 Å². The molecule has 3 amide bonds. The maximum Gasteiger partial charge on any atom is 0.261 e. The van der Waals surface area contributed by atoms with Crippen molar-refractivity contribution in [1.82, 2.24) is 10.2 Å². The summed E-state index contributed by atoms with van der Waals surface area (Å²) in [4.78, 5) is 39.6. The molecule has 2 unspecified atom stereocenters. The van der Waals surface area contributed by atoms with Crippen molar-refractivity contribution < 1.29 is 23.9 Å². The zero-order valence-electron chi connectivity index (χ0n) is 18.2. The second-order valence-electron chi connectivity index (χ2n) is 8.23. The molecule has 1 saturated carbocycles. The standard InChI is InChI=1S/C25H28N2O5/c1-31-18-10-12-19(13-11-18)32-15-14-26-23(28)20-7-3-2-6-17(20)16-27-24(29)21-8-4-5-9-22(21)25(27)30/h4-5,8-13,17,20H,2-3,6-7,14-16H2,1H3,(H,26,28). The van der Waals surface area contributed by atoms with Gasteiger partial charge in [-0.3, -0.25) is 19.3 Å². The number of hydrogen-bond donors (Lipinski definition) is 1. The summed E-state index contributed by atoms with van der Waals surface area (Å²) in [6.45, 7) is 1.03. The van der Waals surface area contributed by atoms with Gasteiger partial charge in [-0.25, -0.2) is 0 Å². The lowest BCUT2D eigenvalue weighted by atomic mass is 9.78. The second-order valence-corrected chi connectivity index (χ2v) is 8.23. The Kier molecular flexibility index (Phi) is 6.73. The minimum atomic E-state index is -0.261. The highest BCUT2D eigenvalue weighted by atomic mass is 16.5. The van der Waals surface area contributed by atoms with Crippen LogP contribution in [-0.2, 0) is 4.79 Å². The highest BCUT2D eigenvalue weighted by Gasteiger charge is 2.39. The lowest BCUT2D eigenvalue weighted by Gasteiger charge is -2.32. The normalized spacial score (nSPS) is 20.1. The number of methoxy groups -OCH3 is 1. The minimum Gasteiger partial charge on any atom is -0.497 e. The fraction of sp³-hybridized carbons (Fsp3) is 0.400. The molecule has 0 spiro atoms. The number of carbonyl (C=O) groups excluding carboxylic acids is 3. The second kappa shape index (κ2) is 9.85. The van der Waals surface area contributed by atoms with Gasteiger partial charge in [0.2, 0.25) is 5.91 Å². The molecule has 1 N–H and O–H groups in total. The van der Waals surface area contributed by atoms with Crippen LogP contribution >= 0.6 is 0 Å². The molecular formula is C25H28N2O5.